The molecule has 0 aliphatic carbocycles. The molecule has 1 aromatic heterocycles. The molecular weight excluding hydrogens is 286 g/mol. The molecule has 1 fully saturated rings. The third-order valence-electron chi connectivity index (χ3n) is 2.83. The molecule has 0 spiro atoms. The van der Waals surface area contributed by atoms with Crippen molar-refractivity contribution in [3.05, 3.63) is 16.6 Å². The number of thiazole rings is 1. The molecule has 20 heavy (non-hydrogen) atoms. The van der Waals surface area contributed by atoms with Gasteiger partial charge in [0.2, 0.25) is 5.91 Å². The van der Waals surface area contributed by atoms with Gasteiger partial charge in [-0.25, -0.2) is 14.6 Å². The summed E-state index contributed by atoms with van der Waals surface area (Å²) >= 11 is 1.34. The van der Waals surface area contributed by atoms with Crippen LogP contribution in [0.25, 0.3) is 0 Å². The Morgan fingerprint density at radius 1 is 1.65 bits per heavy atom. The fourth-order valence-corrected chi connectivity index (χ4v) is 2.37. The van der Waals surface area contributed by atoms with Gasteiger partial charge in [0.1, 0.15) is 18.2 Å². The van der Waals surface area contributed by atoms with E-state index in [1.165, 1.54) is 11.3 Å². The largest absolute Gasteiger partial charge is 0.480 e. The molecule has 1 aliphatic heterocycles. The first-order valence-corrected chi connectivity index (χ1v) is 6.79. The van der Waals surface area contributed by atoms with Crippen molar-refractivity contribution >= 4 is 29.3 Å². The van der Waals surface area contributed by atoms with E-state index in [9.17, 15) is 14.4 Å². The fraction of sp³-hybridized carbons (Fsp3) is 0.455. The second-order valence-electron chi connectivity index (χ2n) is 4.32. The molecule has 1 saturated heterocycles. The highest BCUT2D eigenvalue weighted by molar-refractivity contribution is 7.07. The Kier molecular flexibility index (Phi) is 4.18. The summed E-state index contributed by atoms with van der Waals surface area (Å²) in [4.78, 5) is 38.1. The second kappa shape index (κ2) is 5.87. The van der Waals surface area contributed by atoms with Gasteiger partial charge >= 0.3 is 12.1 Å². The highest BCUT2D eigenvalue weighted by atomic mass is 32.1. The summed E-state index contributed by atoms with van der Waals surface area (Å²) in [6.07, 6.45) is -1.25. The zero-order chi connectivity index (χ0) is 14.7. The number of aliphatic carboxylic acids is 1. The lowest BCUT2D eigenvalue weighted by molar-refractivity contribution is -0.142. The summed E-state index contributed by atoms with van der Waals surface area (Å²) in [6, 6.07) is -1.99. The minimum atomic E-state index is -1.16. The molecule has 2 amide bonds. The summed E-state index contributed by atoms with van der Waals surface area (Å²) in [6.45, 7) is 1.55. The average Bonchev–Trinajstić information content (AvgIpc) is 2.97. The van der Waals surface area contributed by atoms with Gasteiger partial charge in [-0.15, -0.1) is 11.3 Å². The molecule has 3 atom stereocenters. The number of carboxylic acid groups (broad SMARTS) is 1. The molecule has 2 rings (SSSR count). The Morgan fingerprint density at radius 3 is 2.90 bits per heavy atom. The Balaban J connectivity index is 1.99. The van der Waals surface area contributed by atoms with Gasteiger partial charge in [0.05, 0.1) is 11.2 Å². The first kappa shape index (κ1) is 14.3. The lowest BCUT2D eigenvalue weighted by atomic mass is 10.1. The first-order valence-electron chi connectivity index (χ1n) is 5.84. The van der Waals surface area contributed by atoms with E-state index in [1.54, 1.807) is 17.8 Å². The van der Waals surface area contributed by atoms with Crippen LogP contribution in [0.5, 0.6) is 0 Å². The van der Waals surface area contributed by atoms with Crippen molar-refractivity contribution in [1.29, 1.82) is 0 Å². The molecule has 1 aromatic rings. The maximum Gasteiger partial charge on any atom is 0.408 e. The number of alkyl carbamates (subject to hydrolysis) is 1. The van der Waals surface area contributed by atoms with E-state index in [2.05, 4.69) is 15.6 Å². The van der Waals surface area contributed by atoms with E-state index in [-0.39, 0.29) is 6.42 Å². The van der Waals surface area contributed by atoms with Crippen LogP contribution in [0.15, 0.2) is 10.9 Å². The van der Waals surface area contributed by atoms with Gasteiger partial charge in [-0.2, -0.15) is 0 Å². The number of hydrogen-bond acceptors (Lipinski definition) is 6. The summed E-state index contributed by atoms with van der Waals surface area (Å²) < 4.78 is 4.77. The van der Waals surface area contributed by atoms with Crippen LogP contribution in [-0.4, -0.2) is 46.2 Å². The van der Waals surface area contributed by atoms with Crippen molar-refractivity contribution in [2.24, 2.45) is 0 Å². The van der Waals surface area contributed by atoms with E-state index >= 15 is 0 Å². The van der Waals surface area contributed by atoms with E-state index in [1.807, 2.05) is 0 Å². The number of carbonyl (C=O) groups is 3. The van der Waals surface area contributed by atoms with Gasteiger partial charge in [0, 0.05) is 11.8 Å². The van der Waals surface area contributed by atoms with Crippen LogP contribution in [-0.2, 0) is 20.7 Å². The van der Waals surface area contributed by atoms with Crippen molar-refractivity contribution in [3.63, 3.8) is 0 Å². The van der Waals surface area contributed by atoms with Crippen molar-refractivity contribution in [2.75, 3.05) is 0 Å². The van der Waals surface area contributed by atoms with Crippen molar-refractivity contribution in [2.45, 2.75) is 31.5 Å². The Bertz CT molecular complexity index is 518. The Hall–Kier alpha value is -2.16. The third kappa shape index (κ3) is 3.23. The monoisotopic (exact) mass is 299 g/mol. The van der Waals surface area contributed by atoms with Gasteiger partial charge < -0.3 is 20.5 Å². The molecule has 0 radical (unpaired) electrons. The lowest BCUT2D eigenvalue weighted by Crippen LogP contribution is -2.52. The predicted octanol–water partition coefficient (Wildman–Crippen LogP) is -0.248. The number of nitrogens with one attached hydrogen (secondary N) is 2. The van der Waals surface area contributed by atoms with Crippen molar-refractivity contribution < 1.29 is 24.2 Å². The molecule has 0 aromatic carbocycles. The molecule has 0 bridgehead atoms. The minimum absolute atomic E-state index is 0.0838. The quantitative estimate of drug-likeness (QED) is 0.690. The lowest BCUT2D eigenvalue weighted by Gasteiger charge is -2.17. The van der Waals surface area contributed by atoms with E-state index in [0.29, 0.717) is 5.69 Å². The van der Waals surface area contributed by atoms with Crippen LogP contribution >= 0.6 is 11.3 Å². The van der Waals surface area contributed by atoms with Crippen LogP contribution in [0.1, 0.15) is 12.6 Å². The number of rotatable bonds is 5. The van der Waals surface area contributed by atoms with Gasteiger partial charge in [-0.3, -0.25) is 4.79 Å². The normalized spacial score (nSPS) is 22.8. The standard InChI is InChI=1S/C11H13N3O5S/c1-5-8(14-11(18)19-5)9(15)13-7(10(16)17)2-6-3-20-4-12-6/h3-5,7-8H,2H2,1H3,(H,13,15)(H,14,18)(H,16,17)/t5?,7-,8?/m0/s1. The van der Waals surface area contributed by atoms with Crippen LogP contribution in [0.4, 0.5) is 4.79 Å². The number of nitrogens with zero attached hydrogens (tertiary/aromatic N) is 1. The predicted molar refractivity (Wildman–Crippen MR) is 68.3 cm³/mol. The van der Waals surface area contributed by atoms with Crippen LogP contribution in [0.2, 0.25) is 0 Å². The first-order chi connectivity index (χ1) is 9.47. The SMILES string of the molecule is CC1OC(=O)NC1C(=O)N[C@@H](Cc1cscn1)C(=O)O. The van der Waals surface area contributed by atoms with Crippen LogP contribution < -0.4 is 10.6 Å². The number of ether oxygens (including phenoxy) is 1. The molecule has 108 valence electrons. The number of amides is 2. The molecule has 1 aliphatic rings. The van der Waals surface area contributed by atoms with E-state index in [4.69, 9.17) is 9.84 Å². The molecule has 2 unspecified atom stereocenters. The van der Waals surface area contributed by atoms with Gasteiger partial charge in [-0.05, 0) is 6.92 Å². The van der Waals surface area contributed by atoms with E-state index in [0.717, 1.165) is 0 Å². The zero-order valence-electron chi connectivity index (χ0n) is 10.5. The number of cyclic esters (lactones) is 1. The maximum absolute atomic E-state index is 12.0. The summed E-state index contributed by atoms with van der Waals surface area (Å²) in [7, 11) is 0. The topological polar surface area (TPSA) is 118 Å². The summed E-state index contributed by atoms with van der Waals surface area (Å²) in [5.41, 5.74) is 2.17. The molecule has 9 heteroatoms. The Labute approximate surface area is 118 Å². The van der Waals surface area contributed by atoms with Gasteiger partial charge in [0.15, 0.2) is 0 Å². The van der Waals surface area contributed by atoms with Gasteiger partial charge in [-0.1, -0.05) is 0 Å². The van der Waals surface area contributed by atoms with Crippen molar-refractivity contribution in [1.82, 2.24) is 15.6 Å². The average molecular weight is 299 g/mol. The fourth-order valence-electron chi connectivity index (χ4n) is 1.80. The number of hydrogen-bond donors (Lipinski definition) is 3. The molecule has 8 nitrogen and oxygen atoms in total. The molecule has 2 heterocycles. The molecular formula is C11H13N3O5S. The van der Waals surface area contributed by atoms with Gasteiger partial charge in [0.25, 0.3) is 0 Å². The molecule has 3 N–H and O–H groups in total. The van der Waals surface area contributed by atoms with Crippen LogP contribution in [0, 0.1) is 0 Å². The van der Waals surface area contributed by atoms with Crippen LogP contribution in [0.3, 0.4) is 0 Å². The maximum atomic E-state index is 12.0. The number of carboxylic acids is 1. The van der Waals surface area contributed by atoms with Crippen molar-refractivity contribution in [3.8, 4) is 0 Å². The third-order valence-corrected chi connectivity index (χ3v) is 3.46. The highest BCUT2D eigenvalue weighted by Gasteiger charge is 2.37. The second-order valence-corrected chi connectivity index (χ2v) is 5.03. The number of aromatic nitrogens is 1. The Morgan fingerprint density at radius 2 is 2.40 bits per heavy atom. The smallest absolute Gasteiger partial charge is 0.408 e. The molecule has 0 saturated carbocycles. The summed E-state index contributed by atoms with van der Waals surface area (Å²) in [5.74, 6) is -1.75. The number of carbonyl (C=O) groups excluding carboxylic acids is 2. The van der Waals surface area contributed by atoms with E-state index < -0.39 is 36.2 Å². The highest BCUT2D eigenvalue weighted by Crippen LogP contribution is 2.09. The minimum Gasteiger partial charge on any atom is -0.480 e. The summed E-state index contributed by atoms with van der Waals surface area (Å²) in [5, 5.41) is 15.5. The zero-order valence-corrected chi connectivity index (χ0v) is 11.3.